The zero-order chi connectivity index (χ0) is 20.6. The second kappa shape index (κ2) is 12.3. The number of hydrogen-bond donors (Lipinski definition) is 2. The first-order chi connectivity index (χ1) is 14.1. The van der Waals surface area contributed by atoms with Gasteiger partial charge in [-0.25, -0.2) is 0 Å². The Hall–Kier alpha value is -1.55. The van der Waals surface area contributed by atoms with Gasteiger partial charge in [-0.2, -0.15) is 0 Å². The lowest BCUT2D eigenvalue weighted by atomic mass is 10.1. The van der Waals surface area contributed by atoms with Crippen LogP contribution >= 0.6 is 24.0 Å². The van der Waals surface area contributed by atoms with Crippen LogP contribution in [0.25, 0.3) is 0 Å². The standard InChI is InChI=1S/C22H35N5O2.HI/c1-4-21(28)27-14-11-18(16-27)25-22(23-2)24-15-20(26-12-5-6-13-26)17-7-9-19(29-3)10-8-17;/h7-10,18,20H,4-6,11-16H2,1-3H3,(H2,23,24,25);1H. The summed E-state index contributed by atoms with van der Waals surface area (Å²) in [6, 6.07) is 8.93. The Morgan fingerprint density at radius 2 is 1.93 bits per heavy atom. The number of methoxy groups -OCH3 is 1. The van der Waals surface area contributed by atoms with Gasteiger partial charge in [0.2, 0.25) is 5.91 Å². The molecule has 2 heterocycles. The van der Waals surface area contributed by atoms with E-state index in [0.29, 0.717) is 12.5 Å². The van der Waals surface area contributed by atoms with E-state index in [1.807, 2.05) is 24.0 Å². The normalized spacial score (nSPS) is 20.6. The average molecular weight is 529 g/mol. The van der Waals surface area contributed by atoms with Crippen molar-refractivity contribution in [3.05, 3.63) is 29.8 Å². The largest absolute Gasteiger partial charge is 0.497 e. The molecule has 1 aromatic carbocycles. The summed E-state index contributed by atoms with van der Waals surface area (Å²) in [5.74, 6) is 1.91. The lowest BCUT2D eigenvalue weighted by Crippen LogP contribution is -2.47. The second-order valence-electron chi connectivity index (χ2n) is 7.81. The van der Waals surface area contributed by atoms with Crippen molar-refractivity contribution < 1.29 is 9.53 Å². The van der Waals surface area contributed by atoms with Gasteiger partial charge in [0.1, 0.15) is 5.75 Å². The third kappa shape index (κ3) is 6.47. The number of guanidine groups is 1. The van der Waals surface area contributed by atoms with Crippen molar-refractivity contribution in [2.24, 2.45) is 4.99 Å². The quantitative estimate of drug-likeness (QED) is 0.323. The molecule has 3 rings (SSSR count). The Kier molecular flexibility index (Phi) is 10.2. The van der Waals surface area contributed by atoms with Crippen LogP contribution in [0, 0.1) is 0 Å². The smallest absolute Gasteiger partial charge is 0.222 e. The number of rotatable bonds is 7. The molecule has 8 heteroatoms. The fraction of sp³-hybridized carbons (Fsp3) is 0.636. The number of amides is 1. The molecule has 1 aromatic rings. The molecule has 7 nitrogen and oxygen atoms in total. The van der Waals surface area contributed by atoms with E-state index in [9.17, 15) is 4.79 Å². The summed E-state index contributed by atoms with van der Waals surface area (Å²) in [4.78, 5) is 20.8. The maximum atomic E-state index is 11.9. The number of benzene rings is 1. The van der Waals surface area contributed by atoms with Crippen LogP contribution in [0.4, 0.5) is 0 Å². The fourth-order valence-corrected chi connectivity index (χ4v) is 4.25. The zero-order valence-electron chi connectivity index (χ0n) is 18.4. The lowest BCUT2D eigenvalue weighted by Gasteiger charge is -2.29. The molecule has 1 amide bonds. The SMILES string of the molecule is CCC(=O)N1CCC(NC(=NC)NCC(c2ccc(OC)cc2)N2CCCC2)C1.I. The molecular weight excluding hydrogens is 493 g/mol. The van der Waals surface area contributed by atoms with E-state index in [-0.39, 0.29) is 35.9 Å². The minimum Gasteiger partial charge on any atom is -0.497 e. The topological polar surface area (TPSA) is 69.2 Å². The van der Waals surface area contributed by atoms with Crippen LogP contribution in [0.3, 0.4) is 0 Å². The van der Waals surface area contributed by atoms with Gasteiger partial charge in [0.05, 0.1) is 13.2 Å². The van der Waals surface area contributed by atoms with Crippen LogP contribution < -0.4 is 15.4 Å². The van der Waals surface area contributed by atoms with E-state index in [2.05, 4.69) is 32.7 Å². The maximum absolute atomic E-state index is 11.9. The molecule has 0 radical (unpaired) electrons. The highest BCUT2D eigenvalue weighted by Crippen LogP contribution is 2.26. The van der Waals surface area contributed by atoms with Crippen molar-refractivity contribution in [3.8, 4) is 5.75 Å². The Morgan fingerprint density at radius 1 is 1.23 bits per heavy atom. The molecule has 2 atom stereocenters. The summed E-state index contributed by atoms with van der Waals surface area (Å²) in [6.45, 7) is 6.53. The molecule has 168 valence electrons. The molecule has 30 heavy (non-hydrogen) atoms. The van der Waals surface area contributed by atoms with Gasteiger partial charge in [0, 0.05) is 39.1 Å². The molecule has 2 aliphatic rings. The molecule has 2 fully saturated rings. The molecule has 2 aliphatic heterocycles. The van der Waals surface area contributed by atoms with Crippen molar-refractivity contribution >= 4 is 35.8 Å². The minimum atomic E-state index is 0. The molecule has 0 spiro atoms. The highest BCUT2D eigenvalue weighted by atomic mass is 127. The molecule has 2 saturated heterocycles. The third-order valence-corrected chi connectivity index (χ3v) is 5.95. The summed E-state index contributed by atoms with van der Waals surface area (Å²) >= 11 is 0. The van der Waals surface area contributed by atoms with Crippen molar-refractivity contribution in [1.82, 2.24) is 20.4 Å². The lowest BCUT2D eigenvalue weighted by molar-refractivity contribution is -0.129. The number of nitrogens with zero attached hydrogens (tertiary/aromatic N) is 3. The molecular formula is C22H36IN5O2. The van der Waals surface area contributed by atoms with Crippen LogP contribution in [0.1, 0.15) is 44.2 Å². The van der Waals surface area contributed by atoms with E-state index in [4.69, 9.17) is 4.74 Å². The van der Waals surface area contributed by atoms with Crippen LogP contribution in [-0.4, -0.2) is 74.6 Å². The number of carbonyl (C=O) groups is 1. The highest BCUT2D eigenvalue weighted by Gasteiger charge is 2.27. The molecule has 2 N–H and O–H groups in total. The molecule has 0 aliphatic carbocycles. The number of ether oxygens (including phenoxy) is 1. The minimum absolute atomic E-state index is 0. The number of halogens is 1. The van der Waals surface area contributed by atoms with Gasteiger partial charge < -0.3 is 20.3 Å². The first-order valence-electron chi connectivity index (χ1n) is 10.8. The second-order valence-corrected chi connectivity index (χ2v) is 7.81. The van der Waals surface area contributed by atoms with Gasteiger partial charge in [-0.15, -0.1) is 24.0 Å². The van der Waals surface area contributed by atoms with Gasteiger partial charge in [-0.1, -0.05) is 19.1 Å². The van der Waals surface area contributed by atoms with Gasteiger partial charge in [0.15, 0.2) is 5.96 Å². The van der Waals surface area contributed by atoms with Gasteiger partial charge in [0.25, 0.3) is 0 Å². The average Bonchev–Trinajstić information content (AvgIpc) is 3.45. The van der Waals surface area contributed by atoms with Crippen molar-refractivity contribution in [1.29, 1.82) is 0 Å². The monoisotopic (exact) mass is 529 g/mol. The Balaban J connectivity index is 0.00000320. The van der Waals surface area contributed by atoms with Crippen LogP contribution in [0.2, 0.25) is 0 Å². The highest BCUT2D eigenvalue weighted by molar-refractivity contribution is 14.0. The van der Waals surface area contributed by atoms with E-state index >= 15 is 0 Å². The van der Waals surface area contributed by atoms with E-state index < -0.39 is 0 Å². The maximum Gasteiger partial charge on any atom is 0.222 e. The number of carbonyl (C=O) groups excluding carboxylic acids is 1. The van der Waals surface area contributed by atoms with Crippen molar-refractivity contribution in [2.45, 2.75) is 44.7 Å². The van der Waals surface area contributed by atoms with Crippen molar-refractivity contribution in [3.63, 3.8) is 0 Å². The third-order valence-electron chi connectivity index (χ3n) is 5.95. The summed E-state index contributed by atoms with van der Waals surface area (Å²) < 4.78 is 5.31. The summed E-state index contributed by atoms with van der Waals surface area (Å²) in [6.07, 6.45) is 4.03. The first-order valence-corrected chi connectivity index (χ1v) is 10.8. The number of aliphatic imine (C=N–C) groups is 1. The zero-order valence-corrected chi connectivity index (χ0v) is 20.7. The van der Waals surface area contributed by atoms with Gasteiger partial charge >= 0.3 is 0 Å². The predicted molar refractivity (Wildman–Crippen MR) is 132 cm³/mol. The predicted octanol–water partition coefficient (Wildman–Crippen LogP) is 2.63. The number of hydrogen-bond acceptors (Lipinski definition) is 4. The van der Waals surface area contributed by atoms with Gasteiger partial charge in [-0.3, -0.25) is 14.7 Å². The Labute approximate surface area is 197 Å². The summed E-state index contributed by atoms with van der Waals surface area (Å²) in [5.41, 5.74) is 1.29. The Morgan fingerprint density at radius 3 is 2.53 bits per heavy atom. The number of nitrogens with one attached hydrogen (secondary N) is 2. The van der Waals surface area contributed by atoms with E-state index in [1.165, 1.54) is 18.4 Å². The summed E-state index contributed by atoms with van der Waals surface area (Å²) in [7, 11) is 3.50. The Bertz CT molecular complexity index is 691. The molecule has 2 unspecified atom stereocenters. The van der Waals surface area contributed by atoms with Crippen LogP contribution in [-0.2, 0) is 4.79 Å². The van der Waals surface area contributed by atoms with Crippen LogP contribution in [0.5, 0.6) is 5.75 Å². The van der Waals surface area contributed by atoms with E-state index in [1.54, 1.807) is 14.2 Å². The molecule has 0 saturated carbocycles. The van der Waals surface area contributed by atoms with Crippen LogP contribution in [0.15, 0.2) is 29.3 Å². The summed E-state index contributed by atoms with van der Waals surface area (Å²) in [5, 5.41) is 7.02. The van der Waals surface area contributed by atoms with Crippen molar-refractivity contribution in [2.75, 3.05) is 46.9 Å². The fourth-order valence-electron chi connectivity index (χ4n) is 4.25. The number of likely N-dealkylation sites (tertiary alicyclic amines) is 2. The molecule has 0 bridgehead atoms. The molecule has 0 aromatic heterocycles. The first kappa shape index (κ1) is 24.7. The van der Waals surface area contributed by atoms with Gasteiger partial charge in [-0.05, 0) is 50.0 Å². The van der Waals surface area contributed by atoms with E-state index in [0.717, 1.165) is 50.9 Å².